The summed E-state index contributed by atoms with van der Waals surface area (Å²) in [6.07, 6.45) is 0.841. The third-order valence-corrected chi connectivity index (χ3v) is 4.64. The number of guanidine groups is 1. The van der Waals surface area contributed by atoms with Crippen molar-refractivity contribution in [1.82, 2.24) is 15.6 Å². The van der Waals surface area contributed by atoms with E-state index in [4.69, 9.17) is 0 Å². The predicted molar refractivity (Wildman–Crippen MR) is 99.1 cm³/mol. The fraction of sp³-hybridized carbons (Fsp3) is 0.444. The lowest BCUT2D eigenvalue weighted by Gasteiger charge is -2.11. The van der Waals surface area contributed by atoms with E-state index in [1.54, 1.807) is 23.5 Å². The first-order chi connectivity index (χ1) is 11.6. The van der Waals surface area contributed by atoms with E-state index >= 15 is 0 Å². The summed E-state index contributed by atoms with van der Waals surface area (Å²) in [5.74, 6) is 0.942. The van der Waals surface area contributed by atoms with Crippen LogP contribution in [0, 0.1) is 5.82 Å². The topological polar surface area (TPSA) is 49.3 Å². The first-order valence-electron chi connectivity index (χ1n) is 8.30. The van der Waals surface area contributed by atoms with Crippen molar-refractivity contribution in [2.24, 2.45) is 4.99 Å². The minimum atomic E-state index is -0.221. The molecule has 0 spiro atoms. The highest BCUT2D eigenvalue weighted by Crippen LogP contribution is 2.19. The molecule has 130 valence electrons. The molecule has 0 aliphatic rings. The van der Waals surface area contributed by atoms with Gasteiger partial charge in [0.05, 0.1) is 17.2 Å². The van der Waals surface area contributed by atoms with Gasteiger partial charge < -0.3 is 10.6 Å². The molecule has 0 aliphatic heterocycles. The number of rotatable bonds is 7. The van der Waals surface area contributed by atoms with Crippen molar-refractivity contribution in [3.63, 3.8) is 0 Å². The van der Waals surface area contributed by atoms with Crippen molar-refractivity contribution in [3.8, 4) is 0 Å². The zero-order chi connectivity index (χ0) is 17.4. The summed E-state index contributed by atoms with van der Waals surface area (Å²) in [5, 5.41) is 9.74. The number of nitrogens with one attached hydrogen (secondary N) is 2. The van der Waals surface area contributed by atoms with Gasteiger partial charge in [-0.25, -0.2) is 14.4 Å². The Morgan fingerprint density at radius 2 is 2.08 bits per heavy atom. The van der Waals surface area contributed by atoms with Crippen LogP contribution in [0.25, 0.3) is 0 Å². The smallest absolute Gasteiger partial charge is 0.191 e. The number of aliphatic imine (C=N–C) groups is 1. The molecular formula is C18H25FN4S. The molecule has 1 heterocycles. The fourth-order valence-electron chi connectivity index (χ4n) is 2.14. The van der Waals surface area contributed by atoms with Gasteiger partial charge >= 0.3 is 0 Å². The molecule has 2 rings (SSSR count). The van der Waals surface area contributed by atoms with Gasteiger partial charge in [0.25, 0.3) is 0 Å². The van der Waals surface area contributed by atoms with Crippen molar-refractivity contribution < 1.29 is 4.39 Å². The van der Waals surface area contributed by atoms with Crippen molar-refractivity contribution in [3.05, 3.63) is 51.7 Å². The second-order valence-electron chi connectivity index (χ2n) is 5.80. The third-order valence-electron chi connectivity index (χ3n) is 3.45. The summed E-state index contributed by atoms with van der Waals surface area (Å²) in [7, 11) is 0. The molecule has 0 saturated heterocycles. The Balaban J connectivity index is 1.88. The van der Waals surface area contributed by atoms with Crippen LogP contribution in [0.5, 0.6) is 0 Å². The molecule has 24 heavy (non-hydrogen) atoms. The maximum atomic E-state index is 13.6. The summed E-state index contributed by atoms with van der Waals surface area (Å²) in [6.45, 7) is 8.13. The molecule has 1 aromatic heterocycles. The lowest BCUT2D eigenvalue weighted by atomic mass is 10.2. The average Bonchev–Trinajstić information content (AvgIpc) is 3.03. The number of hydrogen-bond donors (Lipinski definition) is 2. The van der Waals surface area contributed by atoms with Crippen LogP contribution in [-0.4, -0.2) is 24.0 Å². The number of hydrogen-bond acceptors (Lipinski definition) is 3. The second kappa shape index (κ2) is 9.37. The van der Waals surface area contributed by atoms with Crippen molar-refractivity contribution >= 4 is 17.3 Å². The summed E-state index contributed by atoms with van der Waals surface area (Å²) >= 11 is 1.71. The number of aromatic nitrogens is 1. The number of thiazole rings is 1. The van der Waals surface area contributed by atoms with E-state index in [2.05, 4.69) is 39.8 Å². The van der Waals surface area contributed by atoms with Gasteiger partial charge in [-0.2, -0.15) is 0 Å². The number of benzene rings is 1. The van der Waals surface area contributed by atoms with E-state index in [9.17, 15) is 4.39 Å². The van der Waals surface area contributed by atoms with Gasteiger partial charge in [0, 0.05) is 36.4 Å². The normalized spacial score (nSPS) is 11.8. The van der Waals surface area contributed by atoms with Crippen LogP contribution in [0.4, 0.5) is 4.39 Å². The molecule has 0 unspecified atom stereocenters. The van der Waals surface area contributed by atoms with E-state index < -0.39 is 0 Å². The fourth-order valence-corrected chi connectivity index (χ4v) is 3.01. The first kappa shape index (κ1) is 18.4. The monoisotopic (exact) mass is 348 g/mol. The Labute approximate surface area is 147 Å². The summed E-state index contributed by atoms with van der Waals surface area (Å²) in [6, 6.07) is 6.72. The summed E-state index contributed by atoms with van der Waals surface area (Å²) < 4.78 is 13.6. The highest BCUT2D eigenvalue weighted by Gasteiger charge is 2.06. The van der Waals surface area contributed by atoms with E-state index in [0.717, 1.165) is 25.2 Å². The van der Waals surface area contributed by atoms with Gasteiger partial charge in [0.1, 0.15) is 5.82 Å². The lowest BCUT2D eigenvalue weighted by Crippen LogP contribution is -2.38. The average molecular weight is 348 g/mol. The SMILES string of the molecule is CCNC(=NCc1ccccc1F)NCCc1csc(C(C)C)n1. The van der Waals surface area contributed by atoms with Crippen molar-refractivity contribution in [2.75, 3.05) is 13.1 Å². The molecule has 1 aromatic carbocycles. The first-order valence-corrected chi connectivity index (χ1v) is 9.18. The molecule has 0 bridgehead atoms. The summed E-state index contributed by atoms with van der Waals surface area (Å²) in [5.41, 5.74) is 1.69. The van der Waals surface area contributed by atoms with E-state index in [-0.39, 0.29) is 5.82 Å². The van der Waals surface area contributed by atoms with E-state index in [1.807, 2.05) is 13.0 Å². The van der Waals surface area contributed by atoms with Gasteiger partial charge in [-0.15, -0.1) is 11.3 Å². The maximum absolute atomic E-state index is 13.6. The molecule has 2 N–H and O–H groups in total. The third kappa shape index (κ3) is 5.60. The maximum Gasteiger partial charge on any atom is 0.191 e. The van der Waals surface area contributed by atoms with Crippen LogP contribution in [0.2, 0.25) is 0 Å². The molecule has 0 fully saturated rings. The Kier molecular flexibility index (Phi) is 7.18. The van der Waals surface area contributed by atoms with Gasteiger partial charge in [-0.1, -0.05) is 32.0 Å². The molecule has 6 heteroatoms. The largest absolute Gasteiger partial charge is 0.357 e. The standard InChI is InChI=1S/C18H25FN4S/c1-4-20-18(22-11-14-7-5-6-8-16(14)19)21-10-9-15-12-24-17(23-15)13(2)3/h5-8,12-13H,4,9-11H2,1-3H3,(H2,20,21,22). The van der Waals surface area contributed by atoms with Gasteiger partial charge in [-0.3, -0.25) is 0 Å². The zero-order valence-electron chi connectivity index (χ0n) is 14.5. The van der Waals surface area contributed by atoms with E-state index in [1.165, 1.54) is 11.1 Å². The summed E-state index contributed by atoms with van der Waals surface area (Å²) in [4.78, 5) is 9.07. The Morgan fingerprint density at radius 3 is 2.75 bits per heavy atom. The highest BCUT2D eigenvalue weighted by atomic mass is 32.1. The Hall–Kier alpha value is -1.95. The molecular weight excluding hydrogens is 323 g/mol. The van der Waals surface area contributed by atoms with Crippen LogP contribution >= 0.6 is 11.3 Å². The van der Waals surface area contributed by atoms with Crippen LogP contribution < -0.4 is 10.6 Å². The van der Waals surface area contributed by atoms with Crippen LogP contribution in [-0.2, 0) is 13.0 Å². The van der Waals surface area contributed by atoms with Gasteiger partial charge in [-0.05, 0) is 13.0 Å². The van der Waals surface area contributed by atoms with E-state index in [0.29, 0.717) is 24.0 Å². The van der Waals surface area contributed by atoms with Crippen molar-refractivity contribution in [2.45, 2.75) is 39.7 Å². The van der Waals surface area contributed by atoms with Crippen molar-refractivity contribution in [1.29, 1.82) is 0 Å². The number of nitrogens with zero attached hydrogens (tertiary/aromatic N) is 2. The zero-order valence-corrected chi connectivity index (χ0v) is 15.3. The van der Waals surface area contributed by atoms with Gasteiger partial charge in [0.2, 0.25) is 0 Å². The van der Waals surface area contributed by atoms with Crippen LogP contribution in [0.3, 0.4) is 0 Å². The predicted octanol–water partition coefficient (Wildman–Crippen LogP) is 3.70. The molecule has 0 atom stereocenters. The second-order valence-corrected chi connectivity index (χ2v) is 6.68. The molecule has 0 amide bonds. The minimum absolute atomic E-state index is 0.221. The van der Waals surface area contributed by atoms with Gasteiger partial charge in [0.15, 0.2) is 5.96 Å². The Bertz CT molecular complexity index is 667. The highest BCUT2D eigenvalue weighted by molar-refractivity contribution is 7.09. The molecule has 0 saturated carbocycles. The van der Waals surface area contributed by atoms with Crippen LogP contribution in [0.15, 0.2) is 34.6 Å². The molecule has 0 aliphatic carbocycles. The number of halogens is 1. The quantitative estimate of drug-likeness (QED) is 0.592. The molecule has 4 nitrogen and oxygen atoms in total. The Morgan fingerprint density at radius 1 is 1.29 bits per heavy atom. The minimum Gasteiger partial charge on any atom is -0.357 e. The molecule has 2 aromatic rings. The van der Waals surface area contributed by atoms with Crippen LogP contribution in [0.1, 0.15) is 43.0 Å². The molecule has 0 radical (unpaired) electrons. The lowest BCUT2D eigenvalue weighted by molar-refractivity contribution is 0.610.